The second-order valence-electron chi connectivity index (χ2n) is 4.22. The molecule has 0 bridgehead atoms. The van der Waals surface area contributed by atoms with Gasteiger partial charge in [-0.3, -0.25) is 4.79 Å². The Morgan fingerprint density at radius 3 is 1.89 bits per heavy atom. The Morgan fingerprint density at radius 2 is 1.56 bits per heavy atom. The van der Waals surface area contributed by atoms with E-state index < -0.39 is 0 Å². The van der Waals surface area contributed by atoms with Gasteiger partial charge in [-0.15, -0.1) is 0 Å². The molecule has 1 aliphatic rings. The molecule has 2 rings (SSSR count). The van der Waals surface area contributed by atoms with Crippen LogP contribution in [0.3, 0.4) is 0 Å². The number of benzene rings is 1. The zero-order valence-electron chi connectivity index (χ0n) is 10.5. The molecule has 1 aromatic carbocycles. The van der Waals surface area contributed by atoms with Crippen molar-refractivity contribution < 1.29 is 14.3 Å². The molecular formula is C13H16ClNO3. The Bertz CT molecular complexity index is 427. The predicted octanol–water partition coefficient (Wildman–Crippen LogP) is 2.46. The van der Waals surface area contributed by atoms with Crippen LogP contribution in [-0.4, -0.2) is 37.6 Å². The smallest absolute Gasteiger partial charge is 0.316 e. The number of nitrogens with zero attached hydrogens (tertiary/aromatic N) is 1. The maximum absolute atomic E-state index is 11.2. The largest absolute Gasteiger partial charge is 0.493 e. The lowest BCUT2D eigenvalue weighted by molar-refractivity contribution is 0.224. The van der Waals surface area contributed by atoms with Gasteiger partial charge in [0.15, 0.2) is 11.5 Å². The highest BCUT2D eigenvalue weighted by Crippen LogP contribution is 2.32. The minimum atomic E-state index is -0.387. The molecule has 0 aromatic heterocycles. The van der Waals surface area contributed by atoms with Gasteiger partial charge in [0.05, 0.1) is 14.2 Å². The maximum atomic E-state index is 11.2. The fraction of sp³-hybridized carbons (Fsp3) is 0.462. The molecule has 0 spiro atoms. The molecule has 0 saturated heterocycles. The standard InChI is InChI=1S/C13H16ClNO3/c1-17-11-7-9-3-5-15(13(14)16)6-4-10(9)8-12(11)18-2/h7-8H,3-6H2,1-2H3. The van der Waals surface area contributed by atoms with E-state index in [1.54, 1.807) is 19.1 Å². The number of rotatable bonds is 2. The average molecular weight is 270 g/mol. The first kappa shape index (κ1) is 13.0. The van der Waals surface area contributed by atoms with Crippen molar-refractivity contribution in [1.29, 1.82) is 0 Å². The number of ether oxygens (including phenoxy) is 2. The van der Waals surface area contributed by atoms with E-state index in [4.69, 9.17) is 21.1 Å². The van der Waals surface area contributed by atoms with Gasteiger partial charge < -0.3 is 14.4 Å². The molecule has 1 aromatic rings. The van der Waals surface area contributed by atoms with Gasteiger partial charge in [0.2, 0.25) is 0 Å². The normalized spacial score (nSPS) is 14.7. The summed E-state index contributed by atoms with van der Waals surface area (Å²) in [5.74, 6) is 1.45. The second kappa shape index (κ2) is 5.48. The molecule has 0 unspecified atom stereocenters. The Hall–Kier alpha value is -1.42. The molecule has 1 amide bonds. The summed E-state index contributed by atoms with van der Waals surface area (Å²) in [5, 5.41) is -0.387. The van der Waals surface area contributed by atoms with Crippen LogP contribution in [0, 0.1) is 0 Å². The maximum Gasteiger partial charge on any atom is 0.316 e. The number of carbonyl (C=O) groups excluding carboxylic acids is 1. The molecule has 18 heavy (non-hydrogen) atoms. The average Bonchev–Trinajstić information content (AvgIpc) is 2.58. The van der Waals surface area contributed by atoms with Gasteiger partial charge in [0.1, 0.15) is 0 Å². The van der Waals surface area contributed by atoms with Gasteiger partial charge in [-0.25, -0.2) is 0 Å². The van der Waals surface area contributed by atoms with Crippen LogP contribution in [0.4, 0.5) is 4.79 Å². The first-order chi connectivity index (χ1) is 8.65. The fourth-order valence-electron chi connectivity index (χ4n) is 2.23. The summed E-state index contributed by atoms with van der Waals surface area (Å²) in [4.78, 5) is 12.8. The van der Waals surface area contributed by atoms with E-state index in [0.717, 1.165) is 24.3 Å². The molecule has 0 fully saturated rings. The van der Waals surface area contributed by atoms with Crippen molar-refractivity contribution in [3.63, 3.8) is 0 Å². The topological polar surface area (TPSA) is 38.8 Å². The van der Waals surface area contributed by atoms with Gasteiger partial charge in [0, 0.05) is 13.1 Å². The van der Waals surface area contributed by atoms with Crippen molar-refractivity contribution >= 4 is 17.0 Å². The highest BCUT2D eigenvalue weighted by molar-refractivity contribution is 6.62. The number of fused-ring (bicyclic) bond motifs is 1. The highest BCUT2D eigenvalue weighted by atomic mass is 35.5. The molecule has 0 N–H and O–H groups in total. The summed E-state index contributed by atoms with van der Waals surface area (Å²) < 4.78 is 10.6. The summed E-state index contributed by atoms with van der Waals surface area (Å²) >= 11 is 5.53. The number of carbonyl (C=O) groups is 1. The van der Waals surface area contributed by atoms with Crippen LogP contribution in [0.25, 0.3) is 0 Å². The van der Waals surface area contributed by atoms with Crippen molar-refractivity contribution in [3.8, 4) is 11.5 Å². The van der Waals surface area contributed by atoms with E-state index in [1.165, 1.54) is 11.1 Å². The number of amides is 1. The lowest BCUT2D eigenvalue weighted by Gasteiger charge is -2.15. The molecule has 4 nitrogen and oxygen atoms in total. The Balaban J connectivity index is 2.30. The summed E-state index contributed by atoms with van der Waals surface area (Å²) in [6.07, 6.45) is 1.57. The van der Waals surface area contributed by atoms with Gasteiger partial charge in [-0.1, -0.05) is 0 Å². The number of hydrogen-bond acceptors (Lipinski definition) is 3. The molecule has 0 atom stereocenters. The van der Waals surface area contributed by atoms with Crippen molar-refractivity contribution in [2.75, 3.05) is 27.3 Å². The highest BCUT2D eigenvalue weighted by Gasteiger charge is 2.19. The molecular weight excluding hydrogens is 254 g/mol. The van der Waals surface area contributed by atoms with Gasteiger partial charge in [0.25, 0.3) is 0 Å². The second-order valence-corrected chi connectivity index (χ2v) is 4.54. The van der Waals surface area contributed by atoms with Crippen LogP contribution in [-0.2, 0) is 12.8 Å². The van der Waals surface area contributed by atoms with Crippen LogP contribution < -0.4 is 9.47 Å². The summed E-state index contributed by atoms with van der Waals surface area (Å²) in [6, 6.07) is 3.97. The van der Waals surface area contributed by atoms with Crippen LogP contribution in [0.1, 0.15) is 11.1 Å². The third-order valence-corrected chi connectivity index (χ3v) is 3.50. The van der Waals surface area contributed by atoms with Crippen molar-refractivity contribution in [3.05, 3.63) is 23.3 Å². The monoisotopic (exact) mass is 269 g/mol. The van der Waals surface area contributed by atoms with Gasteiger partial charge in [-0.2, -0.15) is 0 Å². The first-order valence-corrected chi connectivity index (χ1v) is 6.21. The fourth-order valence-corrected chi connectivity index (χ4v) is 2.40. The zero-order valence-corrected chi connectivity index (χ0v) is 11.3. The Morgan fingerprint density at radius 1 is 1.11 bits per heavy atom. The molecule has 0 aliphatic carbocycles. The van der Waals surface area contributed by atoms with E-state index in [9.17, 15) is 4.79 Å². The summed E-state index contributed by atoms with van der Waals surface area (Å²) in [7, 11) is 3.24. The lowest BCUT2D eigenvalue weighted by atomic mass is 10.0. The van der Waals surface area contributed by atoms with E-state index >= 15 is 0 Å². The van der Waals surface area contributed by atoms with Crippen molar-refractivity contribution in [1.82, 2.24) is 4.90 Å². The molecule has 1 aliphatic heterocycles. The quantitative estimate of drug-likeness (QED) is 0.612. The van der Waals surface area contributed by atoms with Gasteiger partial charge in [-0.05, 0) is 47.7 Å². The van der Waals surface area contributed by atoms with E-state index in [1.807, 2.05) is 12.1 Å². The first-order valence-electron chi connectivity index (χ1n) is 5.84. The zero-order chi connectivity index (χ0) is 13.1. The van der Waals surface area contributed by atoms with Crippen LogP contribution in [0.15, 0.2) is 12.1 Å². The Kier molecular flexibility index (Phi) is 3.97. The summed E-state index contributed by atoms with van der Waals surface area (Å²) in [6.45, 7) is 1.29. The van der Waals surface area contributed by atoms with Crippen molar-refractivity contribution in [2.45, 2.75) is 12.8 Å². The van der Waals surface area contributed by atoms with Crippen LogP contribution in [0.5, 0.6) is 11.5 Å². The molecule has 98 valence electrons. The van der Waals surface area contributed by atoms with E-state index in [0.29, 0.717) is 13.1 Å². The van der Waals surface area contributed by atoms with Crippen LogP contribution in [0.2, 0.25) is 0 Å². The van der Waals surface area contributed by atoms with Gasteiger partial charge >= 0.3 is 5.37 Å². The Labute approximate surface area is 111 Å². The van der Waals surface area contributed by atoms with Crippen LogP contribution >= 0.6 is 11.6 Å². The van der Waals surface area contributed by atoms with E-state index in [2.05, 4.69) is 0 Å². The molecule has 1 heterocycles. The third kappa shape index (κ3) is 2.53. The molecule has 0 radical (unpaired) electrons. The van der Waals surface area contributed by atoms with Crippen molar-refractivity contribution in [2.24, 2.45) is 0 Å². The molecule has 0 saturated carbocycles. The summed E-state index contributed by atoms with van der Waals surface area (Å²) in [5.41, 5.74) is 2.38. The number of methoxy groups -OCH3 is 2. The van der Waals surface area contributed by atoms with E-state index in [-0.39, 0.29) is 5.37 Å². The number of halogens is 1. The third-order valence-electron chi connectivity index (χ3n) is 3.26. The lowest BCUT2D eigenvalue weighted by Crippen LogP contribution is -2.28. The number of hydrogen-bond donors (Lipinski definition) is 0. The SMILES string of the molecule is COc1cc2c(cc1OC)CCN(C(=O)Cl)CC2. The molecule has 5 heteroatoms. The minimum Gasteiger partial charge on any atom is -0.493 e. The predicted molar refractivity (Wildman–Crippen MR) is 69.8 cm³/mol. The minimum absolute atomic E-state index is 0.387.